The van der Waals surface area contributed by atoms with Crippen LogP contribution >= 0.6 is 0 Å². The Labute approximate surface area is 157 Å². The summed E-state index contributed by atoms with van der Waals surface area (Å²) in [6, 6.07) is 8.55. The number of rotatable bonds is 5. The van der Waals surface area contributed by atoms with Crippen LogP contribution in [0.1, 0.15) is 30.1 Å². The van der Waals surface area contributed by atoms with Crippen LogP contribution in [0.3, 0.4) is 0 Å². The molecule has 1 saturated heterocycles. The Balaban J connectivity index is 1.57. The predicted octanol–water partition coefficient (Wildman–Crippen LogP) is 3.54. The second kappa shape index (κ2) is 7.84. The SMILES string of the molecule is COCc1cc(N2CCC[C@H](c3[nH]ncc3-c3ccc(F)cc3)C2)ncn1. The maximum absolute atomic E-state index is 13.3. The zero-order valence-corrected chi connectivity index (χ0v) is 15.2. The minimum Gasteiger partial charge on any atom is -0.378 e. The number of aromatic amines is 1. The number of aromatic nitrogens is 4. The Kier molecular flexibility index (Phi) is 5.11. The van der Waals surface area contributed by atoms with Crippen LogP contribution in [0.4, 0.5) is 10.2 Å². The van der Waals surface area contributed by atoms with Crippen LogP contribution in [0.2, 0.25) is 0 Å². The molecule has 0 saturated carbocycles. The summed E-state index contributed by atoms with van der Waals surface area (Å²) in [6.07, 6.45) is 5.55. The van der Waals surface area contributed by atoms with E-state index in [1.807, 2.05) is 12.3 Å². The molecule has 3 heterocycles. The first-order valence-corrected chi connectivity index (χ1v) is 9.08. The Morgan fingerprint density at radius 3 is 2.93 bits per heavy atom. The van der Waals surface area contributed by atoms with Gasteiger partial charge in [-0.05, 0) is 30.5 Å². The van der Waals surface area contributed by atoms with Crippen molar-refractivity contribution >= 4 is 5.82 Å². The highest BCUT2D eigenvalue weighted by Gasteiger charge is 2.26. The summed E-state index contributed by atoms with van der Waals surface area (Å²) in [7, 11) is 1.66. The Morgan fingerprint density at radius 1 is 1.26 bits per heavy atom. The molecule has 1 aliphatic heterocycles. The largest absolute Gasteiger partial charge is 0.378 e. The number of hydrogen-bond donors (Lipinski definition) is 1. The maximum Gasteiger partial charge on any atom is 0.132 e. The van der Waals surface area contributed by atoms with Crippen molar-refractivity contribution in [2.24, 2.45) is 0 Å². The van der Waals surface area contributed by atoms with Gasteiger partial charge in [-0.1, -0.05) is 12.1 Å². The molecule has 3 aromatic rings. The third-order valence-electron chi connectivity index (χ3n) is 4.98. The molecule has 0 unspecified atom stereocenters. The van der Waals surface area contributed by atoms with Crippen LogP contribution in [0.15, 0.2) is 42.9 Å². The smallest absolute Gasteiger partial charge is 0.132 e. The van der Waals surface area contributed by atoms with Gasteiger partial charge in [0.25, 0.3) is 0 Å². The van der Waals surface area contributed by atoms with E-state index in [-0.39, 0.29) is 5.82 Å². The van der Waals surface area contributed by atoms with Crippen molar-refractivity contribution in [3.63, 3.8) is 0 Å². The number of piperidine rings is 1. The van der Waals surface area contributed by atoms with Crippen molar-refractivity contribution in [1.82, 2.24) is 20.2 Å². The molecule has 0 amide bonds. The quantitative estimate of drug-likeness (QED) is 0.747. The van der Waals surface area contributed by atoms with Gasteiger partial charge in [0.05, 0.1) is 18.5 Å². The summed E-state index contributed by atoms with van der Waals surface area (Å²) < 4.78 is 18.4. The van der Waals surface area contributed by atoms with E-state index in [0.717, 1.165) is 54.3 Å². The van der Waals surface area contributed by atoms with Crippen LogP contribution in [-0.2, 0) is 11.3 Å². The van der Waals surface area contributed by atoms with Crippen molar-refractivity contribution < 1.29 is 9.13 Å². The van der Waals surface area contributed by atoms with Crippen molar-refractivity contribution in [3.8, 4) is 11.1 Å². The number of nitrogens with one attached hydrogen (secondary N) is 1. The Morgan fingerprint density at radius 2 is 2.11 bits per heavy atom. The molecule has 4 rings (SSSR count). The number of hydrogen-bond acceptors (Lipinski definition) is 5. The minimum atomic E-state index is -0.233. The standard InChI is InChI=1S/C20H22FN5O/c1-27-12-17-9-19(23-13-22-17)26-8-2-3-15(11-26)20-18(10-24-25-20)14-4-6-16(21)7-5-14/h4-7,9-10,13,15H,2-3,8,11-12H2,1H3,(H,24,25)/t15-/m0/s1. The van der Waals surface area contributed by atoms with Gasteiger partial charge >= 0.3 is 0 Å². The summed E-state index contributed by atoms with van der Waals surface area (Å²) in [6.45, 7) is 2.28. The molecule has 0 bridgehead atoms. The second-order valence-electron chi connectivity index (χ2n) is 6.79. The van der Waals surface area contributed by atoms with Crippen molar-refractivity contribution in [3.05, 3.63) is 60.1 Å². The minimum absolute atomic E-state index is 0.233. The van der Waals surface area contributed by atoms with Crippen LogP contribution < -0.4 is 4.90 Å². The number of anilines is 1. The van der Waals surface area contributed by atoms with Crippen LogP contribution in [-0.4, -0.2) is 40.4 Å². The number of halogens is 1. The lowest BCUT2D eigenvalue weighted by molar-refractivity contribution is 0.181. The van der Waals surface area contributed by atoms with Crippen LogP contribution in [0, 0.1) is 5.82 Å². The van der Waals surface area contributed by atoms with E-state index in [4.69, 9.17) is 4.74 Å². The molecule has 0 aliphatic carbocycles. The number of H-pyrrole nitrogens is 1. The summed E-state index contributed by atoms with van der Waals surface area (Å²) >= 11 is 0. The summed E-state index contributed by atoms with van der Waals surface area (Å²) in [5, 5.41) is 7.42. The van der Waals surface area contributed by atoms with Gasteiger partial charge in [-0.25, -0.2) is 14.4 Å². The molecule has 27 heavy (non-hydrogen) atoms. The normalized spacial score (nSPS) is 17.3. The van der Waals surface area contributed by atoms with Crippen LogP contribution in [0.5, 0.6) is 0 Å². The molecule has 1 aliphatic rings. The number of nitrogens with zero attached hydrogens (tertiary/aromatic N) is 4. The van der Waals surface area contributed by atoms with Gasteiger partial charge in [-0.2, -0.15) is 5.10 Å². The number of methoxy groups -OCH3 is 1. The van der Waals surface area contributed by atoms with Gasteiger partial charge in [-0.15, -0.1) is 0 Å². The summed E-state index contributed by atoms with van der Waals surface area (Å²) in [5.41, 5.74) is 3.97. The van der Waals surface area contributed by atoms with Gasteiger partial charge < -0.3 is 9.64 Å². The lowest BCUT2D eigenvalue weighted by Crippen LogP contribution is -2.35. The van der Waals surface area contributed by atoms with Crippen molar-refractivity contribution in [2.75, 3.05) is 25.1 Å². The average Bonchev–Trinajstić information content (AvgIpc) is 3.19. The zero-order valence-electron chi connectivity index (χ0n) is 15.2. The van der Waals surface area contributed by atoms with E-state index in [1.54, 1.807) is 25.6 Å². The van der Waals surface area contributed by atoms with Crippen molar-refractivity contribution in [1.29, 1.82) is 0 Å². The first kappa shape index (κ1) is 17.6. The highest BCUT2D eigenvalue weighted by atomic mass is 19.1. The lowest BCUT2D eigenvalue weighted by atomic mass is 9.90. The summed E-state index contributed by atoms with van der Waals surface area (Å²) in [4.78, 5) is 11.0. The van der Waals surface area contributed by atoms with E-state index in [0.29, 0.717) is 12.5 Å². The molecule has 1 N–H and O–H groups in total. The molecule has 1 atom stereocenters. The van der Waals surface area contributed by atoms with E-state index in [9.17, 15) is 4.39 Å². The van der Waals surface area contributed by atoms with Gasteiger partial charge in [0.1, 0.15) is 18.0 Å². The average molecular weight is 367 g/mol. The fraction of sp³-hybridized carbons (Fsp3) is 0.350. The molecule has 7 heteroatoms. The molecule has 1 fully saturated rings. The molecule has 0 spiro atoms. The van der Waals surface area contributed by atoms with E-state index >= 15 is 0 Å². The molecular weight excluding hydrogens is 345 g/mol. The topological polar surface area (TPSA) is 66.9 Å². The number of benzene rings is 1. The summed E-state index contributed by atoms with van der Waals surface area (Å²) in [5.74, 6) is 0.995. The van der Waals surface area contributed by atoms with E-state index in [2.05, 4.69) is 25.1 Å². The zero-order chi connectivity index (χ0) is 18.6. The molecule has 6 nitrogen and oxygen atoms in total. The fourth-order valence-corrected chi connectivity index (χ4v) is 3.67. The van der Waals surface area contributed by atoms with Gasteiger partial charge in [0.2, 0.25) is 0 Å². The Bertz CT molecular complexity index is 895. The van der Waals surface area contributed by atoms with Crippen LogP contribution in [0.25, 0.3) is 11.1 Å². The van der Waals surface area contributed by atoms with Crippen molar-refractivity contribution in [2.45, 2.75) is 25.4 Å². The third kappa shape index (κ3) is 3.83. The first-order chi connectivity index (χ1) is 13.2. The fourth-order valence-electron chi connectivity index (χ4n) is 3.67. The predicted molar refractivity (Wildman–Crippen MR) is 101 cm³/mol. The highest BCUT2D eigenvalue weighted by molar-refractivity contribution is 5.66. The molecule has 2 aromatic heterocycles. The Hall–Kier alpha value is -2.80. The lowest BCUT2D eigenvalue weighted by Gasteiger charge is -2.33. The molecule has 1 aromatic carbocycles. The number of ether oxygens (including phenoxy) is 1. The monoisotopic (exact) mass is 367 g/mol. The maximum atomic E-state index is 13.3. The first-order valence-electron chi connectivity index (χ1n) is 9.08. The molecule has 140 valence electrons. The van der Waals surface area contributed by atoms with Gasteiger partial charge in [-0.3, -0.25) is 5.10 Å². The highest BCUT2D eigenvalue weighted by Crippen LogP contribution is 2.34. The van der Waals surface area contributed by atoms with E-state index < -0.39 is 0 Å². The van der Waals surface area contributed by atoms with Gasteiger partial charge in [0, 0.05) is 43.4 Å². The second-order valence-corrected chi connectivity index (χ2v) is 6.79. The molecule has 0 radical (unpaired) electrons. The van der Waals surface area contributed by atoms with Gasteiger partial charge in [0.15, 0.2) is 0 Å². The van der Waals surface area contributed by atoms with E-state index in [1.165, 1.54) is 12.1 Å². The third-order valence-corrected chi connectivity index (χ3v) is 4.98. The molecular formula is C20H22FN5O.